The summed E-state index contributed by atoms with van der Waals surface area (Å²) in [7, 11) is 9.66. The van der Waals surface area contributed by atoms with Crippen molar-refractivity contribution in [2.75, 3.05) is 46.1 Å². The Kier molecular flexibility index (Phi) is 56.7. The second kappa shape index (κ2) is 51.2. The highest BCUT2D eigenvalue weighted by molar-refractivity contribution is 7.10. The number of hydrogen-bond donors (Lipinski definition) is 7. The minimum atomic E-state index is -1.15. The SMILES string of the molecule is CC(CN(C=O)OP)C(=O)O.CC(CNOP)C(=O)O.CC(CO)C(=O)NOP.CC1CC(OP)C1=O.CCOC(=O)C(C)C(=O)NOP.CCOC(=O)C(C)C(=O)O.CCOC(=O)C(C)C(=O)OCC. The van der Waals surface area contributed by atoms with Crippen LogP contribution in [0.4, 0.5) is 0 Å². The molecule has 416 valence electrons. The van der Waals surface area contributed by atoms with E-state index in [-0.39, 0.29) is 63.3 Å². The third-order valence-electron chi connectivity index (χ3n) is 7.92. The van der Waals surface area contributed by atoms with Gasteiger partial charge in [0.15, 0.2) is 17.6 Å². The van der Waals surface area contributed by atoms with E-state index in [0.717, 1.165) is 11.5 Å². The molecule has 12 unspecified atom stereocenters. The fraction of sp³-hybridized carbons (Fsp3) is 0.711. The number of ketones is 1. The molecule has 0 aromatic carbocycles. The van der Waals surface area contributed by atoms with Crippen molar-refractivity contribution in [3.8, 4) is 0 Å². The summed E-state index contributed by atoms with van der Waals surface area (Å²) in [6, 6.07) is 0. The molecule has 28 nitrogen and oxygen atoms in total. The Balaban J connectivity index is -0.000000174. The van der Waals surface area contributed by atoms with Gasteiger partial charge in [0.05, 0.1) is 57.3 Å². The Morgan fingerprint density at radius 1 is 0.620 bits per heavy atom. The van der Waals surface area contributed by atoms with Gasteiger partial charge in [0.1, 0.15) is 12.0 Å². The molecule has 0 saturated heterocycles. The summed E-state index contributed by atoms with van der Waals surface area (Å²) in [5.41, 5.74) is 6.48. The number of hydrogen-bond acceptors (Lipinski definition) is 22. The van der Waals surface area contributed by atoms with Gasteiger partial charge in [0.2, 0.25) is 12.3 Å². The van der Waals surface area contributed by atoms with Gasteiger partial charge in [-0.05, 0) is 54.9 Å². The number of esters is 4. The van der Waals surface area contributed by atoms with Crippen molar-refractivity contribution in [3.63, 3.8) is 0 Å². The highest BCUT2D eigenvalue weighted by Gasteiger charge is 2.35. The summed E-state index contributed by atoms with van der Waals surface area (Å²) in [4.78, 5) is 116. The van der Waals surface area contributed by atoms with Crippen molar-refractivity contribution in [1.29, 1.82) is 0 Å². The van der Waals surface area contributed by atoms with Gasteiger partial charge in [0, 0.05) is 59.8 Å². The summed E-state index contributed by atoms with van der Waals surface area (Å²) in [6.45, 7) is 18.7. The second-order valence-corrected chi connectivity index (χ2v) is 14.9. The summed E-state index contributed by atoms with van der Waals surface area (Å²) in [5.74, 6) is -9.79. The van der Waals surface area contributed by atoms with Crippen molar-refractivity contribution in [3.05, 3.63) is 0 Å². The molecule has 0 heterocycles. The van der Waals surface area contributed by atoms with Crippen molar-refractivity contribution in [2.24, 2.45) is 41.4 Å². The number of nitrogens with zero attached hydrogens (tertiary/aromatic N) is 1. The van der Waals surface area contributed by atoms with Crippen molar-refractivity contribution in [1.82, 2.24) is 21.5 Å². The van der Waals surface area contributed by atoms with Crippen LogP contribution in [0.3, 0.4) is 0 Å². The van der Waals surface area contributed by atoms with Gasteiger partial charge in [-0.25, -0.2) is 16.0 Å². The first-order chi connectivity index (χ1) is 33.1. The van der Waals surface area contributed by atoms with E-state index >= 15 is 0 Å². The van der Waals surface area contributed by atoms with Crippen LogP contribution in [-0.2, 0) is 94.7 Å². The number of carboxylic acid groups (broad SMARTS) is 3. The van der Waals surface area contributed by atoms with Crippen LogP contribution < -0.4 is 16.4 Å². The molecule has 0 aromatic heterocycles. The molecule has 71 heavy (non-hydrogen) atoms. The van der Waals surface area contributed by atoms with E-state index in [4.69, 9.17) is 24.9 Å². The Morgan fingerprint density at radius 3 is 1.28 bits per heavy atom. The number of aliphatic hydroxyl groups excluding tert-OH is 1. The molecule has 3 amide bonds. The first kappa shape index (κ1) is 78.7. The lowest BCUT2D eigenvalue weighted by Gasteiger charge is -2.28. The zero-order valence-electron chi connectivity index (χ0n) is 41.6. The predicted octanol–water partition coefficient (Wildman–Crippen LogP) is 1.17. The fourth-order valence-electron chi connectivity index (χ4n) is 3.31. The Hall–Kier alpha value is -3.76. The number of ether oxygens (including phenoxy) is 4. The molecule has 12 atom stereocenters. The molecule has 0 bridgehead atoms. The summed E-state index contributed by atoms with van der Waals surface area (Å²) in [5, 5.41) is 34.3. The topological polar surface area (TPSA) is 391 Å². The lowest BCUT2D eigenvalue weighted by atomic mass is 9.83. The number of aliphatic hydroxyl groups is 1. The van der Waals surface area contributed by atoms with Crippen LogP contribution in [0.1, 0.15) is 82.6 Å². The molecule has 1 saturated carbocycles. The molecule has 0 radical (unpaired) electrons. The maximum absolute atomic E-state index is 10.9. The molecular weight excluding hydrogens is 1050 g/mol. The number of carboxylic acids is 3. The van der Waals surface area contributed by atoms with Gasteiger partial charge in [-0.3, -0.25) is 71.2 Å². The number of rotatable bonds is 24. The van der Waals surface area contributed by atoms with Crippen LogP contribution in [0.5, 0.6) is 0 Å². The smallest absolute Gasteiger partial charge is 0.320 e. The third kappa shape index (κ3) is 44.7. The van der Waals surface area contributed by atoms with Gasteiger partial charge >= 0.3 is 41.8 Å². The Bertz CT molecular complexity index is 1480. The summed E-state index contributed by atoms with van der Waals surface area (Å²) < 4.78 is 40.4. The molecule has 0 spiro atoms. The minimum absolute atomic E-state index is 0.0440. The maximum atomic E-state index is 10.9. The molecule has 1 fully saturated rings. The van der Waals surface area contributed by atoms with E-state index < -0.39 is 83.2 Å². The number of carbonyl (C=O) groups excluding carboxylic acids is 8. The lowest BCUT2D eigenvalue weighted by Crippen LogP contribution is -2.40. The quantitative estimate of drug-likeness (QED) is 0.0178. The maximum Gasteiger partial charge on any atom is 0.320 e. The Morgan fingerprint density at radius 2 is 1.01 bits per heavy atom. The molecule has 1 aliphatic rings. The first-order valence-corrected chi connectivity index (χ1v) is 23.3. The number of Topliss-reactive ketones (excluding diaryl/α,β-unsaturated/α-hetero) is 1. The van der Waals surface area contributed by atoms with Crippen molar-refractivity contribution in [2.45, 2.75) is 88.7 Å². The molecule has 33 heteroatoms. The number of hydroxylamine groups is 5. The number of nitrogens with one attached hydrogen (secondary N) is 3. The van der Waals surface area contributed by atoms with Crippen LogP contribution in [-0.4, -0.2) is 144 Å². The normalized spacial score (nSPS) is 14.7. The number of amides is 3. The van der Waals surface area contributed by atoms with Crippen LogP contribution in [0, 0.1) is 41.4 Å². The number of carbonyl (C=O) groups is 11. The minimum Gasteiger partial charge on any atom is -0.481 e. The molecule has 7 N–H and O–H groups in total. The third-order valence-corrected chi connectivity index (χ3v) is 8.92. The van der Waals surface area contributed by atoms with E-state index in [0.29, 0.717) is 13.0 Å². The van der Waals surface area contributed by atoms with Crippen LogP contribution in [0.2, 0.25) is 0 Å². The van der Waals surface area contributed by atoms with Gasteiger partial charge in [-0.1, -0.05) is 27.7 Å². The molecule has 1 rings (SSSR count). The van der Waals surface area contributed by atoms with Crippen LogP contribution in [0.25, 0.3) is 0 Å². The standard InChI is InChI=1S/C8H14O4.C6H12NO4P.C6H10O4.C5H10NO4P.C5H9O2P.2C4H10NO3P/c1-4-11-7(9)6(3)8(10)12-5-2;1-3-10-6(9)4(2)5(8)7-11-12;1-3-10-6(9)4(2)5(7)8;1-4(5(8)9)2-6(3-7)10-11;1-3-2-4(7-8)5(3)6;1-3(2-6)4(7)5-8-9;1-3(4(6)7)2-5-8-9/h6H,4-5H2,1-3H3;4H,3,12H2,1-2H3,(H,7,8);4H,3H2,1-2H3,(H,7,8);3-4H,2,11H2,1H3,(H,8,9);3-4H,2,8H2,1H3;3,6H,2,9H2,1H3,(H,5,7);3,5H,2,9H2,1H3,(H,6,7). The van der Waals surface area contributed by atoms with Crippen molar-refractivity contribution >= 4 is 113 Å². The molecule has 1 aliphatic carbocycles. The first-order valence-electron chi connectivity index (χ1n) is 21.0. The average molecular weight is 1130 g/mol. The Labute approximate surface area is 425 Å². The van der Waals surface area contributed by atoms with E-state index in [1.807, 2.05) is 50.3 Å². The lowest BCUT2D eigenvalue weighted by molar-refractivity contribution is -0.161. The predicted molar refractivity (Wildman–Crippen MR) is 265 cm³/mol. The van der Waals surface area contributed by atoms with Gasteiger partial charge in [-0.2, -0.15) is 5.48 Å². The number of aliphatic carboxylic acids is 3. The summed E-state index contributed by atoms with van der Waals surface area (Å²) >= 11 is 0. The largest absolute Gasteiger partial charge is 0.481 e. The second-order valence-electron chi connectivity index (χ2n) is 13.7. The van der Waals surface area contributed by atoms with Crippen molar-refractivity contribution < 1.29 is 115 Å². The van der Waals surface area contributed by atoms with Gasteiger partial charge < -0.3 is 43.9 Å². The average Bonchev–Trinajstić information content (AvgIpc) is 3.34. The van der Waals surface area contributed by atoms with E-state index in [2.05, 4.69) is 57.9 Å². The van der Waals surface area contributed by atoms with E-state index in [1.165, 1.54) is 27.7 Å². The summed E-state index contributed by atoms with van der Waals surface area (Å²) in [6.07, 6.45) is 1.20. The zero-order valence-corrected chi connectivity index (χ0v) is 47.4. The van der Waals surface area contributed by atoms with Crippen LogP contribution >= 0.6 is 47.3 Å². The van der Waals surface area contributed by atoms with Gasteiger partial charge in [-0.15, -0.1) is 0 Å². The van der Waals surface area contributed by atoms with E-state index in [1.54, 1.807) is 41.5 Å². The monoisotopic (exact) mass is 1130 g/mol. The molecule has 0 aromatic rings. The highest BCUT2D eigenvalue weighted by Crippen LogP contribution is 2.26. The zero-order chi connectivity index (χ0) is 56.8. The van der Waals surface area contributed by atoms with Gasteiger partial charge in [0.25, 0.3) is 5.91 Å². The molecule has 0 aliphatic heterocycles. The highest BCUT2D eigenvalue weighted by atomic mass is 31.0. The fourth-order valence-corrected chi connectivity index (χ4v) is 4.02. The molecular formula is C38H75N4O24P5. The van der Waals surface area contributed by atoms with E-state index in [9.17, 15) is 52.7 Å². The van der Waals surface area contributed by atoms with Crippen LogP contribution in [0.15, 0.2) is 0 Å².